The molecular formula is C19H17FIN5O2. The van der Waals surface area contributed by atoms with Crippen molar-refractivity contribution < 1.29 is 13.6 Å². The molecule has 1 amide bonds. The number of nitrogens with one attached hydrogen (secondary N) is 3. The maximum Gasteiger partial charge on any atom is 0.289 e. The molecule has 3 heterocycles. The van der Waals surface area contributed by atoms with Gasteiger partial charge in [0.25, 0.3) is 5.91 Å². The van der Waals surface area contributed by atoms with E-state index in [-0.39, 0.29) is 23.4 Å². The normalized spacial score (nSPS) is 15.6. The predicted octanol–water partition coefficient (Wildman–Crippen LogP) is 3.44. The Balaban J connectivity index is 1.59. The van der Waals surface area contributed by atoms with Gasteiger partial charge in [0.2, 0.25) is 5.76 Å². The van der Waals surface area contributed by atoms with Gasteiger partial charge in [0.1, 0.15) is 17.1 Å². The minimum Gasteiger partial charge on any atom is -0.448 e. The van der Waals surface area contributed by atoms with Crippen LogP contribution in [0.2, 0.25) is 0 Å². The Morgan fingerprint density at radius 2 is 2.29 bits per heavy atom. The lowest BCUT2D eigenvalue weighted by molar-refractivity contribution is 0.0928. The van der Waals surface area contributed by atoms with Gasteiger partial charge in [-0.2, -0.15) is 0 Å². The Morgan fingerprint density at radius 1 is 1.39 bits per heavy atom. The molecule has 1 aromatic carbocycles. The molecule has 0 saturated heterocycles. The fourth-order valence-corrected chi connectivity index (χ4v) is 3.41. The first-order chi connectivity index (χ1) is 13.6. The highest BCUT2D eigenvalue weighted by Gasteiger charge is 2.22. The van der Waals surface area contributed by atoms with Crippen LogP contribution in [0.4, 0.5) is 15.8 Å². The highest BCUT2D eigenvalue weighted by Crippen LogP contribution is 2.33. The van der Waals surface area contributed by atoms with Gasteiger partial charge in [0.05, 0.1) is 23.5 Å². The summed E-state index contributed by atoms with van der Waals surface area (Å²) in [5.41, 5.74) is 1.15. The summed E-state index contributed by atoms with van der Waals surface area (Å²) in [7, 11) is 0. The smallest absolute Gasteiger partial charge is 0.289 e. The van der Waals surface area contributed by atoms with Crippen molar-refractivity contribution in [3.8, 4) is 0 Å². The second-order valence-electron chi connectivity index (χ2n) is 6.31. The highest BCUT2D eigenvalue weighted by molar-refractivity contribution is 14.1. The summed E-state index contributed by atoms with van der Waals surface area (Å²) in [6.07, 6.45) is 5.55. The number of aliphatic imine (C=N–C) groups is 1. The summed E-state index contributed by atoms with van der Waals surface area (Å²) in [5, 5.41) is 9.48. The first-order valence-electron chi connectivity index (χ1n) is 8.73. The van der Waals surface area contributed by atoms with E-state index in [0.717, 1.165) is 10.1 Å². The Labute approximate surface area is 174 Å². The molecule has 0 bridgehead atoms. The fraction of sp³-hybridized carbons (Fsp3) is 0.211. The summed E-state index contributed by atoms with van der Waals surface area (Å²) < 4.78 is 20.8. The van der Waals surface area contributed by atoms with Crippen molar-refractivity contribution in [3.05, 3.63) is 51.8 Å². The number of halogens is 2. The van der Waals surface area contributed by atoms with E-state index in [4.69, 9.17) is 4.42 Å². The Hall–Kier alpha value is -2.69. The van der Waals surface area contributed by atoms with Crippen LogP contribution in [0.3, 0.4) is 0 Å². The average Bonchev–Trinajstić information content (AvgIpc) is 3.32. The summed E-state index contributed by atoms with van der Waals surface area (Å²) in [6, 6.07) is 6.64. The van der Waals surface area contributed by atoms with Crippen molar-refractivity contribution in [2.45, 2.75) is 12.5 Å². The van der Waals surface area contributed by atoms with Crippen molar-refractivity contribution in [3.63, 3.8) is 0 Å². The van der Waals surface area contributed by atoms with E-state index in [9.17, 15) is 9.18 Å². The lowest BCUT2D eigenvalue weighted by atomic mass is 10.2. The number of carbonyl (C=O) groups excluding carboxylic acids is 1. The van der Waals surface area contributed by atoms with Crippen molar-refractivity contribution in [2.75, 3.05) is 18.4 Å². The van der Waals surface area contributed by atoms with Gasteiger partial charge in [-0.3, -0.25) is 14.8 Å². The minimum atomic E-state index is -0.414. The van der Waals surface area contributed by atoms with Crippen LogP contribution in [0.15, 0.2) is 46.1 Å². The second kappa shape index (κ2) is 8.13. The van der Waals surface area contributed by atoms with Crippen molar-refractivity contribution in [1.82, 2.24) is 15.6 Å². The van der Waals surface area contributed by atoms with Gasteiger partial charge >= 0.3 is 0 Å². The molecule has 1 aliphatic rings. The Bertz CT molecular complexity index is 1050. The van der Waals surface area contributed by atoms with Crippen molar-refractivity contribution >= 4 is 57.2 Å². The summed E-state index contributed by atoms with van der Waals surface area (Å²) in [4.78, 5) is 21.1. The predicted molar refractivity (Wildman–Crippen MR) is 114 cm³/mol. The number of hydrogen-bond donors (Lipinski definition) is 3. The van der Waals surface area contributed by atoms with E-state index in [0.29, 0.717) is 29.6 Å². The molecule has 28 heavy (non-hydrogen) atoms. The molecule has 4 rings (SSSR count). The molecule has 0 spiro atoms. The monoisotopic (exact) mass is 493 g/mol. The van der Waals surface area contributed by atoms with Crippen LogP contribution in [0.5, 0.6) is 0 Å². The number of hydrogen-bond acceptors (Lipinski definition) is 6. The summed E-state index contributed by atoms with van der Waals surface area (Å²) in [5.74, 6) is -0.698. The Morgan fingerprint density at radius 3 is 3.07 bits per heavy atom. The first kappa shape index (κ1) is 18.7. The lowest BCUT2D eigenvalue weighted by Gasteiger charge is -2.10. The number of carbonyl (C=O) groups is 1. The number of furan rings is 1. The standard InChI is InChI=1S/C19H17FIN5O2/c20-14-7-11(21)1-2-15(14)26-17-13-9-22-5-4-16(13)28-18(17)19(27)24-6-3-12-8-23-10-25-12/h1-2,4-5,7,9-10,12,26H,3,6,8H2,(H,23,25)(H,24,27). The number of nitrogens with zero attached hydrogens (tertiary/aromatic N) is 2. The molecule has 0 radical (unpaired) electrons. The van der Waals surface area contributed by atoms with Gasteiger partial charge in [-0.25, -0.2) is 4.39 Å². The largest absolute Gasteiger partial charge is 0.448 e. The van der Waals surface area contributed by atoms with Crippen molar-refractivity contribution in [2.24, 2.45) is 4.99 Å². The summed E-state index contributed by atoms with van der Waals surface area (Å²) >= 11 is 2.04. The molecule has 0 aliphatic carbocycles. The van der Waals surface area contributed by atoms with Gasteiger partial charge < -0.3 is 20.4 Å². The van der Waals surface area contributed by atoms with Gasteiger partial charge in [-0.15, -0.1) is 0 Å². The molecular weight excluding hydrogens is 476 g/mol. The van der Waals surface area contributed by atoms with Crippen LogP contribution in [0.25, 0.3) is 11.0 Å². The van der Waals surface area contributed by atoms with E-state index in [1.54, 1.807) is 36.9 Å². The SMILES string of the molecule is O=C(NCCC1CNC=N1)c1oc2ccncc2c1Nc1ccc(I)cc1F. The molecule has 3 aromatic rings. The maximum absolute atomic E-state index is 14.3. The average molecular weight is 493 g/mol. The number of fused-ring (bicyclic) bond motifs is 1. The van der Waals surface area contributed by atoms with Gasteiger partial charge in [-0.05, 0) is 53.3 Å². The van der Waals surface area contributed by atoms with E-state index in [1.807, 2.05) is 22.6 Å². The second-order valence-corrected chi connectivity index (χ2v) is 7.56. The zero-order valence-electron chi connectivity index (χ0n) is 14.7. The molecule has 1 atom stereocenters. The highest BCUT2D eigenvalue weighted by atomic mass is 127. The minimum absolute atomic E-state index is 0.0917. The third kappa shape index (κ3) is 3.93. The maximum atomic E-state index is 14.3. The summed E-state index contributed by atoms with van der Waals surface area (Å²) in [6.45, 7) is 1.22. The van der Waals surface area contributed by atoms with Crippen LogP contribution in [-0.4, -0.2) is 36.4 Å². The Kier molecular flexibility index (Phi) is 5.42. The lowest BCUT2D eigenvalue weighted by Crippen LogP contribution is -2.28. The van der Waals surface area contributed by atoms with Crippen LogP contribution < -0.4 is 16.0 Å². The van der Waals surface area contributed by atoms with E-state index >= 15 is 0 Å². The zero-order valence-corrected chi connectivity index (χ0v) is 16.9. The van der Waals surface area contributed by atoms with Crippen molar-refractivity contribution in [1.29, 1.82) is 0 Å². The number of pyridine rings is 1. The van der Waals surface area contributed by atoms with E-state index in [2.05, 4.69) is 25.9 Å². The van der Waals surface area contributed by atoms with Gasteiger partial charge in [0, 0.05) is 29.1 Å². The molecule has 7 nitrogen and oxygen atoms in total. The molecule has 2 aromatic heterocycles. The number of benzene rings is 1. The molecule has 0 saturated carbocycles. The third-order valence-electron chi connectivity index (χ3n) is 4.38. The number of aromatic nitrogens is 1. The molecule has 144 valence electrons. The molecule has 0 fully saturated rings. The fourth-order valence-electron chi connectivity index (χ4n) is 2.96. The molecule has 1 aliphatic heterocycles. The van der Waals surface area contributed by atoms with Gasteiger partial charge in [-0.1, -0.05) is 0 Å². The first-order valence-corrected chi connectivity index (χ1v) is 9.81. The van der Waals surface area contributed by atoms with Crippen LogP contribution in [0, 0.1) is 9.39 Å². The third-order valence-corrected chi connectivity index (χ3v) is 5.05. The topological polar surface area (TPSA) is 91.5 Å². The van der Waals surface area contributed by atoms with Crippen LogP contribution in [-0.2, 0) is 0 Å². The molecule has 1 unspecified atom stereocenters. The molecule has 9 heteroatoms. The van der Waals surface area contributed by atoms with Gasteiger partial charge in [0.15, 0.2) is 0 Å². The number of rotatable bonds is 6. The zero-order chi connectivity index (χ0) is 19.5. The van der Waals surface area contributed by atoms with E-state index < -0.39 is 5.82 Å². The quantitative estimate of drug-likeness (QED) is 0.458. The number of anilines is 2. The van der Waals surface area contributed by atoms with Crippen LogP contribution in [0.1, 0.15) is 17.0 Å². The molecule has 3 N–H and O–H groups in total. The van der Waals surface area contributed by atoms with Crippen LogP contribution >= 0.6 is 22.6 Å². The van der Waals surface area contributed by atoms with E-state index in [1.165, 1.54) is 6.07 Å². The number of amides is 1.